The lowest BCUT2D eigenvalue weighted by Gasteiger charge is -2.39. The molecule has 0 amide bonds. The lowest BCUT2D eigenvalue weighted by atomic mass is 10.0. The molecule has 3 aromatic heterocycles. The largest absolute Gasteiger partial charge is 0.481 e. The Morgan fingerprint density at radius 2 is 1.89 bits per heavy atom. The zero-order chi connectivity index (χ0) is 18.2. The van der Waals surface area contributed by atoms with Crippen LogP contribution in [0.4, 0.5) is 11.6 Å². The van der Waals surface area contributed by atoms with Gasteiger partial charge in [0.2, 0.25) is 5.88 Å². The van der Waals surface area contributed by atoms with Crippen molar-refractivity contribution in [2.45, 2.75) is 37.8 Å². The summed E-state index contributed by atoms with van der Waals surface area (Å²) >= 11 is 0. The van der Waals surface area contributed by atoms with E-state index in [-0.39, 0.29) is 0 Å². The van der Waals surface area contributed by atoms with Crippen LogP contribution in [-0.4, -0.2) is 62.1 Å². The van der Waals surface area contributed by atoms with Gasteiger partial charge in [-0.15, -0.1) is 15.3 Å². The molecule has 0 atom stereocenters. The lowest BCUT2D eigenvalue weighted by molar-refractivity contribution is 0.395. The molecule has 0 N–H and O–H groups in total. The first kappa shape index (κ1) is 16.2. The minimum atomic E-state index is 0.479. The number of rotatable bonds is 5. The van der Waals surface area contributed by atoms with Crippen LogP contribution in [0.1, 0.15) is 25.7 Å². The molecule has 0 radical (unpaired) electrons. The Morgan fingerprint density at radius 3 is 2.67 bits per heavy atom. The first-order chi connectivity index (χ1) is 13.3. The SMILES string of the molecule is COc1cc(N(C2CC2)C2CCN(c3ccc4nncn4n3)CC2)ncn1. The van der Waals surface area contributed by atoms with Crippen molar-refractivity contribution < 1.29 is 4.74 Å². The van der Waals surface area contributed by atoms with Gasteiger partial charge in [-0.3, -0.25) is 0 Å². The van der Waals surface area contributed by atoms with Gasteiger partial charge in [0.25, 0.3) is 0 Å². The average molecular weight is 366 g/mol. The molecule has 0 bridgehead atoms. The summed E-state index contributed by atoms with van der Waals surface area (Å²) < 4.78 is 7.02. The number of piperidine rings is 1. The Balaban J connectivity index is 1.32. The van der Waals surface area contributed by atoms with Crippen molar-refractivity contribution >= 4 is 17.3 Å². The average Bonchev–Trinajstić information content (AvgIpc) is 3.44. The molecule has 1 saturated carbocycles. The molecule has 0 unspecified atom stereocenters. The van der Waals surface area contributed by atoms with Gasteiger partial charge >= 0.3 is 0 Å². The molecule has 140 valence electrons. The highest BCUT2D eigenvalue weighted by Crippen LogP contribution is 2.36. The summed E-state index contributed by atoms with van der Waals surface area (Å²) in [7, 11) is 1.64. The Kier molecular flexibility index (Phi) is 3.99. The van der Waals surface area contributed by atoms with E-state index in [2.05, 4.69) is 35.1 Å². The van der Waals surface area contributed by atoms with Gasteiger partial charge in [-0.2, -0.15) is 4.52 Å². The van der Waals surface area contributed by atoms with E-state index >= 15 is 0 Å². The Labute approximate surface area is 157 Å². The molecule has 4 heterocycles. The summed E-state index contributed by atoms with van der Waals surface area (Å²) in [5.74, 6) is 2.57. The molecule has 1 aliphatic carbocycles. The monoisotopic (exact) mass is 366 g/mol. The molecular weight excluding hydrogens is 344 g/mol. The van der Waals surface area contributed by atoms with Crippen LogP contribution in [0.2, 0.25) is 0 Å². The van der Waals surface area contributed by atoms with Crippen molar-refractivity contribution in [2.75, 3.05) is 30.0 Å². The quantitative estimate of drug-likeness (QED) is 0.673. The Morgan fingerprint density at radius 1 is 1.07 bits per heavy atom. The molecular formula is C18H22N8O. The van der Waals surface area contributed by atoms with Crippen LogP contribution in [-0.2, 0) is 0 Å². The van der Waals surface area contributed by atoms with E-state index in [1.165, 1.54) is 12.8 Å². The van der Waals surface area contributed by atoms with Crippen molar-refractivity contribution in [1.29, 1.82) is 0 Å². The normalized spacial score (nSPS) is 18.0. The highest BCUT2D eigenvalue weighted by molar-refractivity contribution is 5.48. The van der Waals surface area contributed by atoms with Crippen molar-refractivity contribution in [3.63, 3.8) is 0 Å². The standard InChI is InChI=1S/C18H22N8O/c1-27-18-10-17(19-11-20-18)26(13-2-3-13)14-6-8-24(9-7-14)16-5-4-15-22-21-12-25(15)23-16/h4-5,10-14H,2-3,6-9H2,1H3. The van der Waals surface area contributed by atoms with E-state index in [0.717, 1.165) is 43.2 Å². The van der Waals surface area contributed by atoms with Crippen LogP contribution in [0.25, 0.3) is 5.65 Å². The predicted molar refractivity (Wildman–Crippen MR) is 100 cm³/mol. The third-order valence-electron chi connectivity index (χ3n) is 5.37. The zero-order valence-electron chi connectivity index (χ0n) is 15.3. The first-order valence-electron chi connectivity index (χ1n) is 9.38. The smallest absolute Gasteiger partial charge is 0.218 e. The highest BCUT2D eigenvalue weighted by Gasteiger charge is 2.36. The van der Waals surface area contributed by atoms with Crippen LogP contribution in [0.5, 0.6) is 5.88 Å². The number of aromatic nitrogens is 6. The molecule has 9 heteroatoms. The number of ether oxygens (including phenoxy) is 1. The van der Waals surface area contributed by atoms with Gasteiger partial charge in [0.15, 0.2) is 5.65 Å². The topological polar surface area (TPSA) is 84.6 Å². The molecule has 5 rings (SSSR count). The second-order valence-corrected chi connectivity index (χ2v) is 7.10. The molecule has 27 heavy (non-hydrogen) atoms. The van der Waals surface area contributed by atoms with Crippen LogP contribution in [0, 0.1) is 0 Å². The van der Waals surface area contributed by atoms with E-state index in [0.29, 0.717) is 18.0 Å². The number of hydrogen-bond acceptors (Lipinski definition) is 8. The van der Waals surface area contributed by atoms with E-state index < -0.39 is 0 Å². The number of methoxy groups -OCH3 is 1. The van der Waals surface area contributed by atoms with Gasteiger partial charge in [-0.05, 0) is 37.8 Å². The molecule has 9 nitrogen and oxygen atoms in total. The highest BCUT2D eigenvalue weighted by atomic mass is 16.5. The minimum Gasteiger partial charge on any atom is -0.481 e. The van der Waals surface area contributed by atoms with Gasteiger partial charge in [0.1, 0.15) is 24.3 Å². The maximum atomic E-state index is 5.29. The molecule has 1 saturated heterocycles. The van der Waals surface area contributed by atoms with Crippen LogP contribution < -0.4 is 14.5 Å². The van der Waals surface area contributed by atoms with Gasteiger partial charge < -0.3 is 14.5 Å². The summed E-state index contributed by atoms with van der Waals surface area (Å²) in [6, 6.07) is 7.01. The second kappa shape index (κ2) is 6.64. The molecule has 0 spiro atoms. The van der Waals surface area contributed by atoms with Gasteiger partial charge in [0.05, 0.1) is 7.11 Å². The maximum absolute atomic E-state index is 5.29. The fourth-order valence-electron chi connectivity index (χ4n) is 3.87. The summed E-state index contributed by atoms with van der Waals surface area (Å²) in [6.45, 7) is 1.94. The fourth-order valence-corrected chi connectivity index (χ4v) is 3.87. The van der Waals surface area contributed by atoms with Crippen LogP contribution in [0.15, 0.2) is 30.9 Å². The van der Waals surface area contributed by atoms with Crippen LogP contribution >= 0.6 is 0 Å². The van der Waals surface area contributed by atoms with E-state index in [1.807, 2.05) is 18.2 Å². The van der Waals surface area contributed by atoms with Crippen molar-refractivity contribution in [3.8, 4) is 5.88 Å². The molecule has 0 aromatic carbocycles. The minimum absolute atomic E-state index is 0.479. The van der Waals surface area contributed by atoms with Crippen molar-refractivity contribution in [1.82, 2.24) is 29.8 Å². The number of hydrogen-bond donors (Lipinski definition) is 0. The molecule has 3 aromatic rings. The van der Waals surface area contributed by atoms with E-state index in [9.17, 15) is 0 Å². The van der Waals surface area contributed by atoms with E-state index in [1.54, 1.807) is 24.3 Å². The lowest BCUT2D eigenvalue weighted by Crippen LogP contribution is -2.46. The molecule has 2 fully saturated rings. The van der Waals surface area contributed by atoms with Gasteiger partial charge in [-0.25, -0.2) is 9.97 Å². The van der Waals surface area contributed by atoms with Gasteiger partial charge in [-0.1, -0.05) is 0 Å². The summed E-state index contributed by atoms with van der Waals surface area (Å²) in [4.78, 5) is 13.5. The van der Waals surface area contributed by atoms with Gasteiger partial charge in [0, 0.05) is 31.2 Å². The molecule has 2 aliphatic rings. The molecule has 1 aliphatic heterocycles. The maximum Gasteiger partial charge on any atom is 0.218 e. The third kappa shape index (κ3) is 3.13. The number of anilines is 2. The third-order valence-corrected chi connectivity index (χ3v) is 5.37. The fraction of sp³-hybridized carbons (Fsp3) is 0.500. The summed E-state index contributed by atoms with van der Waals surface area (Å²) in [5, 5.41) is 12.5. The zero-order valence-corrected chi connectivity index (χ0v) is 15.3. The van der Waals surface area contributed by atoms with Crippen molar-refractivity contribution in [2.24, 2.45) is 0 Å². The van der Waals surface area contributed by atoms with Crippen molar-refractivity contribution in [3.05, 3.63) is 30.9 Å². The summed E-state index contributed by atoms with van der Waals surface area (Å²) in [6.07, 6.45) is 7.85. The van der Waals surface area contributed by atoms with E-state index in [4.69, 9.17) is 4.74 Å². The second-order valence-electron chi connectivity index (χ2n) is 7.10. The summed E-state index contributed by atoms with van der Waals surface area (Å²) in [5.41, 5.74) is 0.770. The predicted octanol–water partition coefficient (Wildman–Crippen LogP) is 1.56. The number of fused-ring (bicyclic) bond motifs is 1. The first-order valence-corrected chi connectivity index (χ1v) is 9.38. The van der Waals surface area contributed by atoms with Crippen LogP contribution in [0.3, 0.4) is 0 Å². The Hall–Kier alpha value is -2.97. The number of nitrogens with zero attached hydrogens (tertiary/aromatic N) is 8. The Bertz CT molecular complexity index is 932.